The Morgan fingerprint density at radius 1 is 0.647 bits per heavy atom. The molecule has 0 aliphatic heterocycles. The highest BCUT2D eigenvalue weighted by molar-refractivity contribution is 4.87. The number of hydrogen-bond acceptors (Lipinski definition) is 0. The highest BCUT2D eigenvalue weighted by Crippen LogP contribution is 2.48. The van der Waals surface area contributed by atoms with Gasteiger partial charge in [-0.05, 0) is 31.1 Å². The van der Waals surface area contributed by atoms with Gasteiger partial charge in [-0.2, -0.15) is 0 Å². The van der Waals surface area contributed by atoms with E-state index in [9.17, 15) is 0 Å². The predicted molar refractivity (Wildman–Crippen MR) is 78.4 cm³/mol. The third kappa shape index (κ3) is 5.93. The first-order chi connectivity index (χ1) is 8.33. The second kappa shape index (κ2) is 9.00. The molecule has 102 valence electrons. The van der Waals surface area contributed by atoms with E-state index in [4.69, 9.17) is 0 Å². The second-order valence-corrected chi connectivity index (χ2v) is 6.33. The van der Waals surface area contributed by atoms with E-state index in [-0.39, 0.29) is 0 Å². The zero-order valence-corrected chi connectivity index (χ0v) is 12.4. The predicted octanol–water partition coefficient (Wildman–Crippen LogP) is 6.49. The molecule has 17 heavy (non-hydrogen) atoms. The highest BCUT2D eigenvalue weighted by Gasteiger charge is 2.34. The number of hydrogen-bond donors (Lipinski definition) is 0. The van der Waals surface area contributed by atoms with Crippen LogP contribution >= 0.6 is 0 Å². The van der Waals surface area contributed by atoms with Crippen molar-refractivity contribution in [2.75, 3.05) is 0 Å². The van der Waals surface area contributed by atoms with Crippen molar-refractivity contribution in [2.24, 2.45) is 5.41 Å². The summed E-state index contributed by atoms with van der Waals surface area (Å²) in [5.74, 6) is 0. The molecule has 1 saturated carbocycles. The van der Waals surface area contributed by atoms with Crippen LogP contribution in [-0.2, 0) is 0 Å². The quantitative estimate of drug-likeness (QED) is 0.361. The van der Waals surface area contributed by atoms with Crippen molar-refractivity contribution in [2.45, 2.75) is 104 Å². The number of unbranched alkanes of at least 4 members (excludes halogenated alkanes) is 7. The van der Waals surface area contributed by atoms with Gasteiger partial charge < -0.3 is 0 Å². The Balaban J connectivity index is 1.96. The highest BCUT2D eigenvalue weighted by atomic mass is 14.4. The van der Waals surface area contributed by atoms with Crippen molar-refractivity contribution in [1.29, 1.82) is 0 Å². The molecule has 0 aromatic rings. The van der Waals surface area contributed by atoms with Crippen LogP contribution in [-0.4, -0.2) is 0 Å². The summed E-state index contributed by atoms with van der Waals surface area (Å²) in [6, 6.07) is 0. The summed E-state index contributed by atoms with van der Waals surface area (Å²) in [7, 11) is 0. The van der Waals surface area contributed by atoms with Crippen LogP contribution in [0.4, 0.5) is 0 Å². The van der Waals surface area contributed by atoms with Crippen LogP contribution < -0.4 is 0 Å². The van der Waals surface area contributed by atoms with Crippen LogP contribution in [0.3, 0.4) is 0 Å². The van der Waals surface area contributed by atoms with Gasteiger partial charge in [-0.15, -0.1) is 0 Å². The molecule has 0 radical (unpaired) electrons. The van der Waals surface area contributed by atoms with Crippen LogP contribution in [0.5, 0.6) is 0 Å². The van der Waals surface area contributed by atoms with E-state index in [2.05, 4.69) is 13.8 Å². The maximum absolute atomic E-state index is 2.33. The van der Waals surface area contributed by atoms with Crippen molar-refractivity contribution in [3.63, 3.8) is 0 Å². The molecule has 0 spiro atoms. The van der Waals surface area contributed by atoms with Gasteiger partial charge in [0.15, 0.2) is 0 Å². The Hall–Kier alpha value is 0. The fourth-order valence-electron chi connectivity index (χ4n) is 3.31. The molecule has 0 aromatic heterocycles. The van der Waals surface area contributed by atoms with Crippen molar-refractivity contribution in [1.82, 2.24) is 0 Å². The van der Waals surface area contributed by atoms with E-state index in [1.165, 1.54) is 70.6 Å². The Morgan fingerprint density at radius 2 is 1.18 bits per heavy atom. The maximum atomic E-state index is 2.33. The molecule has 0 N–H and O–H groups in total. The SMILES string of the molecule is CCCCCCCCCC1(CCCC)CCC1. The lowest BCUT2D eigenvalue weighted by Crippen LogP contribution is -2.29. The summed E-state index contributed by atoms with van der Waals surface area (Å²) >= 11 is 0. The van der Waals surface area contributed by atoms with Gasteiger partial charge in [0.25, 0.3) is 0 Å². The summed E-state index contributed by atoms with van der Waals surface area (Å²) in [4.78, 5) is 0. The van der Waals surface area contributed by atoms with Gasteiger partial charge in [-0.3, -0.25) is 0 Å². The average Bonchev–Trinajstić information content (AvgIpc) is 2.30. The molecule has 1 rings (SSSR count). The molecule has 0 heterocycles. The second-order valence-electron chi connectivity index (χ2n) is 6.33. The van der Waals surface area contributed by atoms with Gasteiger partial charge in [0.1, 0.15) is 0 Å². The van der Waals surface area contributed by atoms with Crippen molar-refractivity contribution < 1.29 is 0 Å². The molecule has 1 aliphatic carbocycles. The Kier molecular flexibility index (Phi) is 7.97. The van der Waals surface area contributed by atoms with Crippen LogP contribution in [0, 0.1) is 5.41 Å². The van der Waals surface area contributed by atoms with Crippen LogP contribution in [0.2, 0.25) is 0 Å². The van der Waals surface area contributed by atoms with Gasteiger partial charge >= 0.3 is 0 Å². The third-order valence-corrected chi connectivity index (χ3v) is 4.79. The van der Waals surface area contributed by atoms with Gasteiger partial charge in [0.2, 0.25) is 0 Å². The van der Waals surface area contributed by atoms with E-state index < -0.39 is 0 Å². The zero-order valence-electron chi connectivity index (χ0n) is 12.4. The fourth-order valence-corrected chi connectivity index (χ4v) is 3.31. The zero-order chi connectivity index (χ0) is 12.4. The monoisotopic (exact) mass is 238 g/mol. The first kappa shape index (κ1) is 15.1. The third-order valence-electron chi connectivity index (χ3n) is 4.79. The molecule has 0 atom stereocenters. The summed E-state index contributed by atoms with van der Waals surface area (Å²) in [5, 5.41) is 0. The molecule has 0 unspecified atom stereocenters. The molecule has 0 amide bonds. The van der Waals surface area contributed by atoms with Gasteiger partial charge in [0, 0.05) is 0 Å². The molecule has 0 aromatic carbocycles. The summed E-state index contributed by atoms with van der Waals surface area (Å²) < 4.78 is 0. The lowest BCUT2D eigenvalue weighted by Gasteiger charge is -2.42. The van der Waals surface area contributed by atoms with E-state index >= 15 is 0 Å². The first-order valence-corrected chi connectivity index (χ1v) is 8.33. The van der Waals surface area contributed by atoms with E-state index in [1.807, 2.05) is 0 Å². The summed E-state index contributed by atoms with van der Waals surface area (Å²) in [6.07, 6.45) is 20.8. The minimum Gasteiger partial charge on any atom is -0.0654 e. The van der Waals surface area contributed by atoms with Gasteiger partial charge in [-0.1, -0.05) is 78.1 Å². The van der Waals surface area contributed by atoms with E-state index in [0.717, 1.165) is 5.41 Å². The Labute approximate surface area is 110 Å². The molecule has 0 heteroatoms. The molecule has 1 fully saturated rings. The van der Waals surface area contributed by atoms with Crippen molar-refractivity contribution in [3.05, 3.63) is 0 Å². The summed E-state index contributed by atoms with van der Waals surface area (Å²) in [5.41, 5.74) is 0.819. The summed E-state index contributed by atoms with van der Waals surface area (Å²) in [6.45, 7) is 4.63. The van der Waals surface area contributed by atoms with Crippen molar-refractivity contribution in [3.8, 4) is 0 Å². The standard InChI is InChI=1S/C17H34/c1-3-5-7-8-9-10-11-14-17(13-6-4-2)15-12-16-17/h3-16H2,1-2H3. The van der Waals surface area contributed by atoms with Crippen molar-refractivity contribution >= 4 is 0 Å². The maximum Gasteiger partial charge on any atom is -0.0297 e. The van der Waals surface area contributed by atoms with Gasteiger partial charge in [-0.25, -0.2) is 0 Å². The topological polar surface area (TPSA) is 0 Å². The molecular weight excluding hydrogens is 204 g/mol. The van der Waals surface area contributed by atoms with E-state index in [1.54, 1.807) is 19.3 Å². The Bertz CT molecular complexity index is 167. The minimum atomic E-state index is 0.819. The number of rotatable bonds is 11. The lowest BCUT2D eigenvalue weighted by atomic mass is 9.63. The lowest BCUT2D eigenvalue weighted by molar-refractivity contribution is 0.0984. The van der Waals surface area contributed by atoms with Crippen LogP contribution in [0.25, 0.3) is 0 Å². The molecule has 1 aliphatic rings. The smallest absolute Gasteiger partial charge is 0.0297 e. The first-order valence-electron chi connectivity index (χ1n) is 8.33. The van der Waals surface area contributed by atoms with Crippen LogP contribution in [0.1, 0.15) is 104 Å². The fraction of sp³-hybridized carbons (Fsp3) is 1.00. The largest absolute Gasteiger partial charge is 0.0654 e. The van der Waals surface area contributed by atoms with Gasteiger partial charge in [0.05, 0.1) is 0 Å². The molecular formula is C17H34. The van der Waals surface area contributed by atoms with Crippen LogP contribution in [0.15, 0.2) is 0 Å². The minimum absolute atomic E-state index is 0.819. The van der Waals surface area contributed by atoms with E-state index in [0.29, 0.717) is 0 Å². The molecule has 0 saturated heterocycles. The normalized spacial score (nSPS) is 18.0. The Morgan fingerprint density at radius 3 is 1.71 bits per heavy atom. The molecule has 0 nitrogen and oxygen atoms in total. The average molecular weight is 238 g/mol. The molecule has 0 bridgehead atoms.